The molecule has 0 aliphatic heterocycles. The lowest BCUT2D eigenvalue weighted by molar-refractivity contribution is -0.385. The Labute approximate surface area is 110 Å². The number of nitro groups is 1. The summed E-state index contributed by atoms with van der Waals surface area (Å²) in [5.41, 5.74) is -0.689. The van der Waals surface area contributed by atoms with Gasteiger partial charge in [-0.3, -0.25) is 10.1 Å². The van der Waals surface area contributed by atoms with Gasteiger partial charge in [0.2, 0.25) is 0 Å². The first kappa shape index (κ1) is 13.7. The molecular weight excluding hydrogens is 254 g/mol. The summed E-state index contributed by atoms with van der Waals surface area (Å²) in [5.74, 6) is -1.84. The lowest BCUT2D eigenvalue weighted by Crippen LogP contribution is -2.19. The van der Waals surface area contributed by atoms with E-state index >= 15 is 0 Å². The zero-order valence-corrected chi connectivity index (χ0v) is 10.9. The summed E-state index contributed by atoms with van der Waals surface area (Å²) in [6.07, 6.45) is 2.65. The second-order valence-corrected chi connectivity index (χ2v) is 5.79. The number of rotatable bonds is 3. The van der Waals surface area contributed by atoms with Gasteiger partial charge in [-0.05, 0) is 24.7 Å². The first-order chi connectivity index (χ1) is 8.78. The van der Waals surface area contributed by atoms with Gasteiger partial charge in [0.05, 0.1) is 17.1 Å². The predicted octanol–water partition coefficient (Wildman–Crippen LogP) is 3.86. The molecule has 0 radical (unpaired) electrons. The normalized spacial score (nSPS) is 21.4. The molecule has 1 N–H and O–H groups in total. The molecule has 1 aliphatic carbocycles. The van der Waals surface area contributed by atoms with Gasteiger partial charge in [0.15, 0.2) is 11.6 Å². The maximum atomic E-state index is 13.7. The molecule has 0 amide bonds. The van der Waals surface area contributed by atoms with Gasteiger partial charge in [-0.25, -0.2) is 8.78 Å². The molecule has 0 spiro atoms. The Kier molecular flexibility index (Phi) is 3.43. The van der Waals surface area contributed by atoms with Crippen molar-refractivity contribution in [3.8, 4) is 0 Å². The second-order valence-electron chi connectivity index (χ2n) is 5.79. The monoisotopic (exact) mass is 270 g/mol. The quantitative estimate of drug-likeness (QED) is 0.670. The number of hydrogen-bond donors (Lipinski definition) is 1. The predicted molar refractivity (Wildman–Crippen MR) is 68.1 cm³/mol. The zero-order valence-electron chi connectivity index (χ0n) is 10.9. The van der Waals surface area contributed by atoms with Crippen LogP contribution in [0.2, 0.25) is 0 Å². The van der Waals surface area contributed by atoms with E-state index in [9.17, 15) is 18.9 Å². The maximum absolute atomic E-state index is 13.7. The van der Waals surface area contributed by atoms with E-state index < -0.39 is 22.2 Å². The number of benzene rings is 1. The molecule has 1 unspecified atom stereocenters. The molecule has 1 saturated carbocycles. The van der Waals surface area contributed by atoms with Crippen molar-refractivity contribution in [1.82, 2.24) is 0 Å². The minimum Gasteiger partial charge on any atom is -0.378 e. The number of non-ortho nitro benzene ring substituents is 1. The van der Waals surface area contributed by atoms with Crippen LogP contribution in [-0.4, -0.2) is 11.0 Å². The minimum absolute atomic E-state index is 0.000422. The van der Waals surface area contributed by atoms with Gasteiger partial charge in [0, 0.05) is 6.04 Å². The average molecular weight is 270 g/mol. The van der Waals surface area contributed by atoms with Crippen molar-refractivity contribution in [2.24, 2.45) is 5.41 Å². The van der Waals surface area contributed by atoms with E-state index in [1.807, 2.05) is 0 Å². The van der Waals surface area contributed by atoms with Crippen molar-refractivity contribution in [1.29, 1.82) is 0 Å². The second kappa shape index (κ2) is 4.75. The van der Waals surface area contributed by atoms with Gasteiger partial charge in [-0.15, -0.1) is 0 Å². The minimum atomic E-state index is -0.920. The third kappa shape index (κ3) is 3.00. The SMILES string of the molecule is CC1(C)CCC(Nc2c(F)cc([N+](=O)[O-])cc2F)C1. The third-order valence-corrected chi connectivity index (χ3v) is 3.55. The molecular formula is C13H16F2N2O2. The van der Waals surface area contributed by atoms with Crippen LogP contribution in [0.3, 0.4) is 0 Å². The fourth-order valence-electron chi connectivity index (χ4n) is 2.57. The van der Waals surface area contributed by atoms with E-state index in [-0.39, 0.29) is 17.1 Å². The van der Waals surface area contributed by atoms with E-state index in [1.165, 1.54) is 0 Å². The number of halogens is 2. The van der Waals surface area contributed by atoms with Crippen LogP contribution in [0.25, 0.3) is 0 Å². The lowest BCUT2D eigenvalue weighted by Gasteiger charge is -2.19. The molecule has 6 heteroatoms. The van der Waals surface area contributed by atoms with Crippen molar-refractivity contribution in [2.75, 3.05) is 5.32 Å². The van der Waals surface area contributed by atoms with Crippen LogP contribution in [0, 0.1) is 27.2 Å². The molecule has 1 fully saturated rings. The highest BCUT2D eigenvalue weighted by Crippen LogP contribution is 2.39. The number of hydrogen-bond acceptors (Lipinski definition) is 3. The molecule has 0 aromatic heterocycles. The number of anilines is 1. The molecule has 1 atom stereocenters. The number of nitrogens with zero attached hydrogens (tertiary/aromatic N) is 1. The Morgan fingerprint density at radius 1 is 1.37 bits per heavy atom. The van der Waals surface area contributed by atoms with Crippen LogP contribution in [0.5, 0.6) is 0 Å². The highest BCUT2D eigenvalue weighted by molar-refractivity contribution is 5.52. The largest absolute Gasteiger partial charge is 0.378 e. The molecule has 2 rings (SSSR count). The molecule has 1 aromatic carbocycles. The van der Waals surface area contributed by atoms with E-state index in [0.29, 0.717) is 0 Å². The molecule has 0 bridgehead atoms. The molecule has 19 heavy (non-hydrogen) atoms. The summed E-state index contributed by atoms with van der Waals surface area (Å²) >= 11 is 0. The Bertz CT molecular complexity index is 494. The summed E-state index contributed by atoms with van der Waals surface area (Å²) in [5, 5.41) is 13.3. The Morgan fingerprint density at radius 3 is 2.37 bits per heavy atom. The molecule has 0 saturated heterocycles. The van der Waals surface area contributed by atoms with Gasteiger partial charge < -0.3 is 5.32 Å². The first-order valence-corrected chi connectivity index (χ1v) is 6.18. The highest BCUT2D eigenvalue weighted by atomic mass is 19.1. The first-order valence-electron chi connectivity index (χ1n) is 6.18. The Morgan fingerprint density at radius 2 is 1.95 bits per heavy atom. The van der Waals surface area contributed by atoms with Crippen molar-refractivity contribution in [2.45, 2.75) is 39.2 Å². The Hall–Kier alpha value is -1.72. The number of nitro benzene ring substituents is 1. The summed E-state index contributed by atoms with van der Waals surface area (Å²) in [6, 6.07) is 1.48. The van der Waals surface area contributed by atoms with Crippen LogP contribution in [0.1, 0.15) is 33.1 Å². The van der Waals surface area contributed by atoms with Crippen LogP contribution in [-0.2, 0) is 0 Å². The number of nitrogens with one attached hydrogen (secondary N) is 1. The molecule has 4 nitrogen and oxygen atoms in total. The molecule has 0 heterocycles. The van der Waals surface area contributed by atoms with Gasteiger partial charge in [-0.1, -0.05) is 13.8 Å². The van der Waals surface area contributed by atoms with E-state index in [0.717, 1.165) is 31.4 Å². The van der Waals surface area contributed by atoms with E-state index in [1.54, 1.807) is 0 Å². The Balaban J connectivity index is 2.20. The highest BCUT2D eigenvalue weighted by Gasteiger charge is 2.32. The van der Waals surface area contributed by atoms with Crippen LogP contribution >= 0.6 is 0 Å². The van der Waals surface area contributed by atoms with Crippen molar-refractivity contribution in [3.63, 3.8) is 0 Å². The molecule has 1 aromatic rings. The maximum Gasteiger partial charge on any atom is 0.275 e. The van der Waals surface area contributed by atoms with Gasteiger partial charge >= 0.3 is 0 Å². The van der Waals surface area contributed by atoms with Crippen LogP contribution in [0.15, 0.2) is 12.1 Å². The van der Waals surface area contributed by atoms with E-state index in [4.69, 9.17) is 0 Å². The summed E-state index contributed by atoms with van der Waals surface area (Å²) in [6.45, 7) is 4.22. The van der Waals surface area contributed by atoms with Crippen LogP contribution < -0.4 is 5.32 Å². The third-order valence-electron chi connectivity index (χ3n) is 3.55. The molecule has 1 aliphatic rings. The van der Waals surface area contributed by atoms with Crippen molar-refractivity contribution >= 4 is 11.4 Å². The zero-order chi connectivity index (χ0) is 14.2. The summed E-state index contributed by atoms with van der Waals surface area (Å²) < 4.78 is 27.4. The van der Waals surface area contributed by atoms with Gasteiger partial charge in [0.25, 0.3) is 5.69 Å². The average Bonchev–Trinajstić information content (AvgIpc) is 2.63. The van der Waals surface area contributed by atoms with Crippen molar-refractivity contribution < 1.29 is 13.7 Å². The van der Waals surface area contributed by atoms with E-state index in [2.05, 4.69) is 19.2 Å². The fourth-order valence-corrected chi connectivity index (χ4v) is 2.57. The molecule has 104 valence electrons. The summed E-state index contributed by atoms with van der Waals surface area (Å²) in [7, 11) is 0. The standard InChI is InChI=1S/C13H16F2N2O2/c1-13(2)4-3-8(7-13)16-12-10(14)5-9(17(18)19)6-11(12)15/h5-6,8,16H,3-4,7H2,1-2H3. The van der Waals surface area contributed by atoms with Gasteiger partial charge in [0.1, 0.15) is 5.69 Å². The van der Waals surface area contributed by atoms with Crippen molar-refractivity contribution in [3.05, 3.63) is 33.9 Å². The topological polar surface area (TPSA) is 55.2 Å². The summed E-state index contributed by atoms with van der Waals surface area (Å²) in [4.78, 5) is 9.69. The lowest BCUT2D eigenvalue weighted by atomic mass is 9.92. The smallest absolute Gasteiger partial charge is 0.275 e. The van der Waals surface area contributed by atoms with Crippen LogP contribution in [0.4, 0.5) is 20.2 Å². The van der Waals surface area contributed by atoms with Gasteiger partial charge in [-0.2, -0.15) is 0 Å². The fraction of sp³-hybridized carbons (Fsp3) is 0.538.